The molecule has 6 aromatic carbocycles. The van der Waals surface area contributed by atoms with Crippen molar-refractivity contribution in [3.63, 3.8) is 0 Å². The molecule has 13 rings (SSSR count). The fraction of sp³-hybridized carbons (Fsp3) is 0.500. The van der Waals surface area contributed by atoms with E-state index in [9.17, 15) is 0 Å². The van der Waals surface area contributed by atoms with Crippen LogP contribution in [0.5, 0.6) is 0 Å². The van der Waals surface area contributed by atoms with Crippen LogP contribution < -0.4 is 26.2 Å². The molecule has 0 fully saturated rings. The summed E-state index contributed by atoms with van der Waals surface area (Å²) in [5.74, 6) is 0. The molecule has 0 atom stereocenters. The molecule has 0 radical (unpaired) electrons. The van der Waals surface area contributed by atoms with Crippen LogP contribution >= 0.6 is 11.3 Å². The summed E-state index contributed by atoms with van der Waals surface area (Å²) >= 11 is 2.06. The smallest absolute Gasteiger partial charge is 0.254 e. The van der Waals surface area contributed by atoms with Gasteiger partial charge < -0.3 is 9.80 Å². The molecule has 416 valence electrons. The number of hydrogen-bond donors (Lipinski definition) is 0. The fourth-order valence-electron chi connectivity index (χ4n) is 16.6. The molecule has 0 unspecified atom stereocenters. The minimum absolute atomic E-state index is 0.0227. The highest BCUT2D eigenvalue weighted by atomic mass is 32.1. The lowest BCUT2D eigenvalue weighted by Gasteiger charge is -2.49. The number of fused-ring (bicyclic) bond motifs is 11. The van der Waals surface area contributed by atoms with Crippen molar-refractivity contribution in [2.75, 3.05) is 9.80 Å². The predicted octanol–water partition coefficient (Wildman–Crippen LogP) is 20.0. The SMILES string of the molecule is Cc1cc2c3c(c1)N(c1ccc4c(c1)C(C)(C)CCC4(C)C)c1c(ccc4c1C(C)(C)CCC4(C)C)B3c1c(sc3cc4c(cc13)C(C)(C)CCC4(C)C)N2c1ccc(C(C)(C)C)cc1-c1cc2c(cc1C)C(C)(C)CCC2(C)C. The Morgan fingerprint density at radius 2 is 0.912 bits per heavy atom. The lowest BCUT2D eigenvalue weighted by atomic mass is 9.33. The molecule has 7 aromatic rings. The molecular weight excluding hydrogens is 984 g/mol. The quantitative estimate of drug-likeness (QED) is 0.163. The van der Waals surface area contributed by atoms with E-state index >= 15 is 0 Å². The average Bonchev–Trinajstić information content (AvgIpc) is 3.95. The molecule has 0 saturated heterocycles. The van der Waals surface area contributed by atoms with Gasteiger partial charge in [-0.1, -0.05) is 162 Å². The Kier molecular flexibility index (Phi) is 11.4. The third-order valence-electron chi connectivity index (χ3n) is 22.4. The molecule has 6 aliphatic rings. The van der Waals surface area contributed by atoms with Crippen LogP contribution in [0.2, 0.25) is 0 Å². The summed E-state index contributed by atoms with van der Waals surface area (Å²) in [5.41, 5.74) is 30.5. The monoisotopic (exact) mass is 1080 g/mol. The molecule has 4 heteroatoms. The van der Waals surface area contributed by atoms with Crippen LogP contribution in [0.1, 0.15) is 244 Å². The highest BCUT2D eigenvalue weighted by molar-refractivity contribution is 7.26. The third kappa shape index (κ3) is 7.80. The van der Waals surface area contributed by atoms with Gasteiger partial charge in [0.15, 0.2) is 0 Å². The van der Waals surface area contributed by atoms with Gasteiger partial charge in [0.1, 0.15) is 0 Å². The van der Waals surface area contributed by atoms with E-state index in [2.05, 4.69) is 251 Å². The Labute approximate surface area is 487 Å². The maximum atomic E-state index is 2.82. The molecule has 0 spiro atoms. The summed E-state index contributed by atoms with van der Waals surface area (Å²) < 4.78 is 1.42. The predicted molar refractivity (Wildman–Crippen MR) is 351 cm³/mol. The van der Waals surface area contributed by atoms with Crippen LogP contribution in [0.15, 0.2) is 84.9 Å². The van der Waals surface area contributed by atoms with Gasteiger partial charge in [-0.2, -0.15) is 0 Å². The van der Waals surface area contributed by atoms with E-state index in [-0.39, 0.29) is 55.4 Å². The standard InChI is InChI=1S/C76H93BN2S/c1-44-36-60-65-61(37-44)79(59-27-22-46(68(3,4)5)39-49(59)48-41-55-53(38-45(48)2)71(10,11)30-31-73(55,14)15)67-64(50-42-56-57(43-62(50)80-67)75(18,19)33-32-74(56,16)17)77(65)58-26-25-52-63(76(20,21)35-34-70(52,8)9)66(58)78(60)47-23-24-51-54(40-47)72(12,13)29-28-69(51,6)7/h22-27,36-43H,28-35H2,1-21H3. The zero-order chi connectivity index (χ0) is 57.4. The van der Waals surface area contributed by atoms with Crippen molar-refractivity contribution in [3.05, 3.63) is 146 Å². The summed E-state index contributed by atoms with van der Waals surface area (Å²) in [5, 5.41) is 2.82. The van der Waals surface area contributed by atoms with E-state index in [0.717, 1.165) is 6.42 Å². The topological polar surface area (TPSA) is 6.48 Å². The number of aryl methyl sites for hydroxylation is 2. The van der Waals surface area contributed by atoms with E-state index in [1.54, 1.807) is 11.1 Å². The van der Waals surface area contributed by atoms with Crippen LogP contribution in [-0.2, 0) is 48.7 Å². The van der Waals surface area contributed by atoms with Crippen LogP contribution in [0.25, 0.3) is 21.2 Å². The van der Waals surface area contributed by atoms with Crippen molar-refractivity contribution in [2.24, 2.45) is 0 Å². The Balaban J connectivity index is 1.19. The van der Waals surface area contributed by atoms with Gasteiger partial charge in [0.2, 0.25) is 0 Å². The largest absolute Gasteiger partial charge is 0.311 e. The molecule has 2 aliphatic heterocycles. The first-order chi connectivity index (χ1) is 37.0. The van der Waals surface area contributed by atoms with Crippen molar-refractivity contribution in [1.29, 1.82) is 0 Å². The van der Waals surface area contributed by atoms with Gasteiger partial charge in [-0.25, -0.2) is 0 Å². The van der Waals surface area contributed by atoms with Crippen LogP contribution in [0.3, 0.4) is 0 Å². The first-order valence-corrected chi connectivity index (χ1v) is 31.9. The first kappa shape index (κ1) is 54.2. The lowest BCUT2D eigenvalue weighted by Crippen LogP contribution is -2.62. The van der Waals surface area contributed by atoms with Crippen LogP contribution in [0.4, 0.5) is 33.4 Å². The molecule has 0 amide bonds. The molecule has 4 aliphatic carbocycles. The van der Waals surface area contributed by atoms with Gasteiger partial charge in [0, 0.05) is 33.0 Å². The second-order valence-corrected chi connectivity index (χ2v) is 34.0. The van der Waals surface area contributed by atoms with Gasteiger partial charge in [-0.15, -0.1) is 11.3 Å². The molecule has 0 bridgehead atoms. The Morgan fingerprint density at radius 1 is 0.425 bits per heavy atom. The first-order valence-electron chi connectivity index (χ1n) is 31.0. The van der Waals surface area contributed by atoms with Crippen molar-refractivity contribution in [2.45, 2.75) is 245 Å². The molecule has 3 heterocycles. The summed E-state index contributed by atoms with van der Waals surface area (Å²) in [6.45, 7) is 52.1. The van der Waals surface area contributed by atoms with Crippen LogP contribution in [-0.4, -0.2) is 6.71 Å². The van der Waals surface area contributed by atoms with E-state index in [1.165, 1.54) is 166 Å². The number of hydrogen-bond acceptors (Lipinski definition) is 3. The van der Waals surface area contributed by atoms with E-state index < -0.39 is 0 Å². The molecular formula is C76H93BN2S. The molecule has 2 nitrogen and oxygen atoms in total. The van der Waals surface area contributed by atoms with Crippen molar-refractivity contribution < 1.29 is 0 Å². The molecule has 0 saturated carbocycles. The highest BCUT2D eigenvalue weighted by Gasteiger charge is 2.51. The Morgan fingerprint density at radius 3 is 1.50 bits per heavy atom. The summed E-state index contributed by atoms with van der Waals surface area (Å²) in [6.07, 6.45) is 9.49. The minimum Gasteiger partial charge on any atom is -0.311 e. The van der Waals surface area contributed by atoms with Gasteiger partial charge in [-0.3, -0.25) is 0 Å². The number of nitrogens with zero attached hydrogens (tertiary/aromatic N) is 2. The zero-order valence-electron chi connectivity index (χ0n) is 53.1. The van der Waals surface area contributed by atoms with Gasteiger partial charge in [-0.05, 0) is 257 Å². The summed E-state index contributed by atoms with van der Waals surface area (Å²) in [4.78, 5) is 5.63. The number of rotatable bonds is 3. The lowest BCUT2D eigenvalue weighted by molar-refractivity contribution is 0.331. The van der Waals surface area contributed by atoms with Crippen molar-refractivity contribution in [1.82, 2.24) is 0 Å². The van der Waals surface area contributed by atoms with Crippen molar-refractivity contribution >= 4 is 78.0 Å². The Hall–Kier alpha value is -5.06. The van der Waals surface area contributed by atoms with Crippen LogP contribution in [0, 0.1) is 13.8 Å². The van der Waals surface area contributed by atoms with E-state index in [1.807, 2.05) is 0 Å². The second-order valence-electron chi connectivity index (χ2n) is 33.0. The number of anilines is 6. The minimum atomic E-state index is -0.0437. The van der Waals surface area contributed by atoms with Gasteiger partial charge in [0.25, 0.3) is 6.71 Å². The Bertz CT molecular complexity index is 3820. The third-order valence-corrected chi connectivity index (χ3v) is 23.6. The maximum absolute atomic E-state index is 2.82. The van der Waals surface area contributed by atoms with E-state index in [0.29, 0.717) is 0 Å². The normalized spacial score (nSPS) is 21.6. The van der Waals surface area contributed by atoms with Gasteiger partial charge >= 0.3 is 0 Å². The van der Waals surface area contributed by atoms with Gasteiger partial charge in [0.05, 0.1) is 10.7 Å². The maximum Gasteiger partial charge on any atom is 0.254 e. The summed E-state index contributed by atoms with van der Waals surface area (Å²) in [7, 11) is 0. The number of benzene rings is 6. The second kappa shape index (κ2) is 16.8. The highest BCUT2D eigenvalue weighted by Crippen LogP contribution is 2.58. The molecule has 80 heavy (non-hydrogen) atoms. The molecule has 0 N–H and O–H groups in total. The van der Waals surface area contributed by atoms with E-state index in [4.69, 9.17) is 0 Å². The van der Waals surface area contributed by atoms with Crippen molar-refractivity contribution in [3.8, 4) is 11.1 Å². The fourth-order valence-corrected chi connectivity index (χ4v) is 17.9. The molecule has 1 aromatic heterocycles. The zero-order valence-corrected chi connectivity index (χ0v) is 53.9. The number of thiophene rings is 1. The summed E-state index contributed by atoms with van der Waals surface area (Å²) in [6, 6.07) is 36.4. The average molecular weight is 1080 g/mol.